The number of benzene rings is 1. The van der Waals surface area contributed by atoms with E-state index >= 15 is 0 Å². The molecule has 0 saturated heterocycles. The van der Waals surface area contributed by atoms with Crippen LogP contribution in [0, 0.1) is 5.92 Å². The van der Waals surface area contributed by atoms with Gasteiger partial charge in [-0.15, -0.1) is 0 Å². The molecule has 1 aromatic carbocycles. The van der Waals surface area contributed by atoms with Crippen LogP contribution in [0.5, 0.6) is 5.75 Å². The molecular weight excluding hydrogens is 346 g/mol. The number of rotatable bonds is 4. The summed E-state index contributed by atoms with van der Waals surface area (Å²) in [5.41, 5.74) is 1.49. The molecule has 2 rings (SSSR count). The largest absolute Gasteiger partial charge is 0.496 e. The van der Waals surface area contributed by atoms with Crippen molar-refractivity contribution in [2.75, 3.05) is 14.2 Å². The zero-order valence-corrected chi connectivity index (χ0v) is 17.0. The van der Waals surface area contributed by atoms with Gasteiger partial charge in [-0.3, -0.25) is 9.79 Å². The lowest BCUT2D eigenvalue weighted by molar-refractivity contribution is -0.150. The number of para-hydroxylation sites is 1. The van der Waals surface area contributed by atoms with Crippen LogP contribution in [0.1, 0.15) is 46.1 Å². The van der Waals surface area contributed by atoms with Crippen molar-refractivity contribution in [1.82, 2.24) is 0 Å². The van der Waals surface area contributed by atoms with Crippen molar-refractivity contribution >= 4 is 17.7 Å². The van der Waals surface area contributed by atoms with E-state index in [9.17, 15) is 9.59 Å². The first-order chi connectivity index (χ1) is 12.6. The second-order valence-corrected chi connectivity index (χ2v) is 7.47. The summed E-state index contributed by atoms with van der Waals surface area (Å²) in [6.45, 7) is 8.91. The average molecular weight is 373 g/mol. The molecule has 0 spiro atoms. The van der Waals surface area contributed by atoms with Crippen molar-refractivity contribution in [3.63, 3.8) is 0 Å². The number of methoxy groups -OCH3 is 2. The smallest absolute Gasteiger partial charge is 0.337 e. The lowest BCUT2D eigenvalue weighted by atomic mass is 9.75. The van der Waals surface area contributed by atoms with Crippen LogP contribution in [0.25, 0.3) is 0 Å². The van der Waals surface area contributed by atoms with Crippen molar-refractivity contribution in [2.45, 2.75) is 46.1 Å². The zero-order valence-electron chi connectivity index (χ0n) is 17.0. The number of ether oxygens (including phenoxy) is 3. The summed E-state index contributed by atoms with van der Waals surface area (Å²) in [4.78, 5) is 30.1. The molecule has 0 fully saturated rings. The molecule has 1 aliphatic heterocycles. The molecular formula is C21H27NO5. The molecule has 146 valence electrons. The molecule has 1 heterocycles. The molecule has 1 aromatic rings. The highest BCUT2D eigenvalue weighted by Gasteiger charge is 2.43. The van der Waals surface area contributed by atoms with Gasteiger partial charge in [-0.25, -0.2) is 4.79 Å². The fraction of sp³-hybridized carbons (Fsp3) is 0.476. The van der Waals surface area contributed by atoms with Gasteiger partial charge in [0.25, 0.3) is 0 Å². The van der Waals surface area contributed by atoms with Crippen LogP contribution in [-0.4, -0.2) is 37.5 Å². The molecule has 1 aliphatic rings. The van der Waals surface area contributed by atoms with Crippen molar-refractivity contribution < 1.29 is 23.8 Å². The maximum atomic E-state index is 13.0. The van der Waals surface area contributed by atoms with Gasteiger partial charge >= 0.3 is 11.9 Å². The van der Waals surface area contributed by atoms with E-state index < -0.39 is 29.4 Å². The summed E-state index contributed by atoms with van der Waals surface area (Å²) < 4.78 is 16.1. The Morgan fingerprint density at radius 2 is 1.70 bits per heavy atom. The van der Waals surface area contributed by atoms with Gasteiger partial charge in [0, 0.05) is 22.9 Å². The first-order valence-electron chi connectivity index (χ1n) is 8.80. The predicted octanol–water partition coefficient (Wildman–Crippen LogP) is 3.66. The molecule has 6 nitrogen and oxygen atoms in total. The van der Waals surface area contributed by atoms with Crippen LogP contribution in [0.3, 0.4) is 0 Å². The molecule has 0 saturated carbocycles. The highest BCUT2D eigenvalue weighted by atomic mass is 16.6. The summed E-state index contributed by atoms with van der Waals surface area (Å²) >= 11 is 0. The maximum Gasteiger partial charge on any atom is 0.337 e. The van der Waals surface area contributed by atoms with Gasteiger partial charge in [-0.1, -0.05) is 18.2 Å². The number of esters is 2. The van der Waals surface area contributed by atoms with E-state index in [1.807, 2.05) is 18.2 Å². The number of hydrogen-bond acceptors (Lipinski definition) is 6. The minimum absolute atomic E-state index is 0.343. The van der Waals surface area contributed by atoms with E-state index in [0.29, 0.717) is 28.3 Å². The van der Waals surface area contributed by atoms with Gasteiger partial charge in [0.2, 0.25) is 0 Å². The number of aliphatic imine (C=N–C) groups is 1. The van der Waals surface area contributed by atoms with Gasteiger partial charge in [-0.2, -0.15) is 0 Å². The summed E-state index contributed by atoms with van der Waals surface area (Å²) in [5.74, 6) is -1.72. The third kappa shape index (κ3) is 4.38. The van der Waals surface area contributed by atoms with E-state index in [-0.39, 0.29) is 0 Å². The fourth-order valence-corrected chi connectivity index (χ4v) is 3.33. The molecule has 2 atom stereocenters. The Morgan fingerprint density at radius 1 is 1.07 bits per heavy atom. The summed E-state index contributed by atoms with van der Waals surface area (Å²) in [5, 5.41) is 0. The Hall–Kier alpha value is -2.63. The second kappa shape index (κ2) is 7.94. The van der Waals surface area contributed by atoms with Gasteiger partial charge in [-0.05, 0) is 40.7 Å². The van der Waals surface area contributed by atoms with Crippen LogP contribution in [0.4, 0.5) is 0 Å². The number of carbonyl (C=O) groups is 2. The lowest BCUT2D eigenvalue weighted by Gasteiger charge is -2.33. The predicted molar refractivity (Wildman–Crippen MR) is 103 cm³/mol. The Labute approximate surface area is 160 Å². The quantitative estimate of drug-likeness (QED) is 0.753. The Kier molecular flexibility index (Phi) is 6.08. The van der Waals surface area contributed by atoms with Crippen molar-refractivity contribution in [3.05, 3.63) is 41.1 Å². The monoisotopic (exact) mass is 373 g/mol. The van der Waals surface area contributed by atoms with E-state index in [1.165, 1.54) is 7.11 Å². The Bertz CT molecular complexity index is 801. The molecule has 0 N–H and O–H groups in total. The van der Waals surface area contributed by atoms with Crippen LogP contribution in [-0.2, 0) is 19.1 Å². The van der Waals surface area contributed by atoms with Crippen LogP contribution >= 0.6 is 0 Å². The number of allylic oxidation sites excluding steroid dienone is 1. The maximum absolute atomic E-state index is 13.0. The molecule has 27 heavy (non-hydrogen) atoms. The highest BCUT2D eigenvalue weighted by Crippen LogP contribution is 2.43. The molecule has 0 amide bonds. The van der Waals surface area contributed by atoms with Gasteiger partial charge in [0.15, 0.2) is 0 Å². The van der Waals surface area contributed by atoms with Crippen molar-refractivity contribution in [1.29, 1.82) is 0 Å². The van der Waals surface area contributed by atoms with Crippen LogP contribution in [0.15, 0.2) is 40.5 Å². The van der Waals surface area contributed by atoms with Crippen molar-refractivity contribution in [3.8, 4) is 5.75 Å². The molecule has 0 aromatic heterocycles. The van der Waals surface area contributed by atoms with Gasteiger partial charge in [0.05, 0.1) is 19.8 Å². The van der Waals surface area contributed by atoms with E-state index in [4.69, 9.17) is 14.2 Å². The SMILES string of the molecule is COC(=O)C1C(C)=NC(C)=C(C(=O)OC(C)(C)C)C1c1ccccc1OC. The standard InChI is InChI=1S/C21H27NO5/c1-12-16(19(23)26-7)18(14-10-8-9-11-15(14)25-6)17(13(2)22-12)20(24)27-21(3,4)5/h8-11,16,18H,1-7H3. The van der Waals surface area contributed by atoms with Crippen molar-refractivity contribution in [2.24, 2.45) is 10.9 Å². The number of carbonyl (C=O) groups excluding carboxylic acids is 2. The summed E-state index contributed by atoms with van der Waals surface area (Å²) in [6, 6.07) is 7.32. The minimum Gasteiger partial charge on any atom is -0.496 e. The van der Waals surface area contributed by atoms with Gasteiger partial charge in [0.1, 0.15) is 17.3 Å². The number of nitrogens with zero attached hydrogens (tertiary/aromatic N) is 1. The third-order valence-electron chi connectivity index (χ3n) is 4.38. The van der Waals surface area contributed by atoms with E-state index in [0.717, 1.165) is 0 Å². The number of hydrogen-bond donors (Lipinski definition) is 0. The third-order valence-corrected chi connectivity index (χ3v) is 4.38. The Balaban J connectivity index is 2.70. The molecule has 2 unspecified atom stereocenters. The molecule has 0 radical (unpaired) electrons. The van der Waals surface area contributed by atoms with Crippen LogP contribution in [0.2, 0.25) is 0 Å². The summed E-state index contributed by atoms with van der Waals surface area (Å²) in [7, 11) is 2.88. The van der Waals surface area contributed by atoms with E-state index in [1.54, 1.807) is 47.8 Å². The van der Waals surface area contributed by atoms with E-state index in [2.05, 4.69) is 4.99 Å². The first kappa shape index (κ1) is 20.7. The lowest BCUT2D eigenvalue weighted by Crippen LogP contribution is -2.37. The molecule has 0 bridgehead atoms. The molecule has 0 aliphatic carbocycles. The fourth-order valence-electron chi connectivity index (χ4n) is 3.33. The zero-order chi connectivity index (χ0) is 20.4. The Morgan fingerprint density at radius 3 is 2.26 bits per heavy atom. The second-order valence-electron chi connectivity index (χ2n) is 7.47. The average Bonchev–Trinajstić information content (AvgIpc) is 2.58. The van der Waals surface area contributed by atoms with Crippen LogP contribution < -0.4 is 4.74 Å². The highest BCUT2D eigenvalue weighted by molar-refractivity contribution is 6.07. The molecule has 6 heteroatoms. The first-order valence-corrected chi connectivity index (χ1v) is 8.80. The summed E-state index contributed by atoms with van der Waals surface area (Å²) in [6.07, 6.45) is 0. The minimum atomic E-state index is -0.738. The van der Waals surface area contributed by atoms with Gasteiger partial charge < -0.3 is 14.2 Å². The normalized spacial score (nSPS) is 20.0. The topological polar surface area (TPSA) is 74.2 Å².